The summed E-state index contributed by atoms with van der Waals surface area (Å²) in [6, 6.07) is 80.6. The van der Waals surface area contributed by atoms with Gasteiger partial charge in [0.15, 0.2) is 0 Å². The maximum Gasteiger partial charge on any atom is 0.252 e. The Morgan fingerprint density at radius 3 is 1.52 bits per heavy atom. The van der Waals surface area contributed by atoms with Crippen molar-refractivity contribution in [2.24, 2.45) is 0 Å². The minimum absolute atomic E-state index is 0.0242. The van der Waals surface area contributed by atoms with E-state index in [1.54, 1.807) is 0 Å². The van der Waals surface area contributed by atoms with Crippen LogP contribution in [0.4, 0.5) is 34.1 Å². The van der Waals surface area contributed by atoms with E-state index in [4.69, 9.17) is 4.74 Å². The highest BCUT2D eigenvalue weighted by Gasteiger charge is 2.46. The van der Waals surface area contributed by atoms with Crippen LogP contribution in [0.15, 0.2) is 218 Å². The van der Waals surface area contributed by atoms with Crippen LogP contribution in [0, 0.1) is 20.8 Å². The van der Waals surface area contributed by atoms with E-state index in [0.717, 1.165) is 45.6 Å². The molecule has 14 rings (SSSR count). The lowest BCUT2D eigenvalue weighted by atomic mass is 9.30. The van der Waals surface area contributed by atoms with Gasteiger partial charge in [-0.3, -0.25) is 0 Å². The molecule has 0 amide bonds. The van der Waals surface area contributed by atoms with Gasteiger partial charge in [0, 0.05) is 51.0 Å². The molecular formula is C63H45B2N3O. The first-order valence-corrected chi connectivity index (χ1v) is 24.1. The van der Waals surface area contributed by atoms with Crippen LogP contribution < -0.4 is 47.3 Å². The van der Waals surface area contributed by atoms with Gasteiger partial charge < -0.3 is 19.1 Å². The van der Waals surface area contributed by atoms with Crippen molar-refractivity contribution in [3.8, 4) is 28.3 Å². The summed E-state index contributed by atoms with van der Waals surface area (Å²) in [5.74, 6) is 1.80. The van der Waals surface area contributed by atoms with Gasteiger partial charge in [0.05, 0.1) is 16.7 Å². The summed E-state index contributed by atoms with van der Waals surface area (Å²) in [4.78, 5) is 5.04. The summed E-state index contributed by atoms with van der Waals surface area (Å²) in [5.41, 5.74) is 24.0. The summed E-state index contributed by atoms with van der Waals surface area (Å²) in [5, 5.41) is 2.47. The summed E-state index contributed by atoms with van der Waals surface area (Å²) in [7, 11) is 0. The van der Waals surface area contributed by atoms with Gasteiger partial charge in [-0.05, 0) is 120 Å². The smallest absolute Gasteiger partial charge is 0.252 e. The van der Waals surface area contributed by atoms with Crippen molar-refractivity contribution in [3.63, 3.8) is 0 Å². The van der Waals surface area contributed by atoms with E-state index >= 15 is 0 Å². The highest BCUT2D eigenvalue weighted by molar-refractivity contribution is 7.02. The molecular weight excluding hydrogens is 836 g/mol. The van der Waals surface area contributed by atoms with E-state index in [9.17, 15) is 0 Å². The van der Waals surface area contributed by atoms with E-state index in [2.05, 4.69) is 254 Å². The van der Waals surface area contributed by atoms with Crippen LogP contribution in [0.2, 0.25) is 0 Å². The van der Waals surface area contributed by atoms with Crippen LogP contribution in [0.1, 0.15) is 16.7 Å². The summed E-state index contributed by atoms with van der Waals surface area (Å²) < 4.78 is 9.60. The second-order valence-electron chi connectivity index (χ2n) is 19.0. The Hall–Kier alpha value is -8.47. The van der Waals surface area contributed by atoms with E-state index in [1.165, 1.54) is 88.1 Å². The van der Waals surface area contributed by atoms with Crippen molar-refractivity contribution in [2.45, 2.75) is 20.8 Å². The molecule has 3 aliphatic rings. The van der Waals surface area contributed by atoms with Gasteiger partial charge in [-0.15, -0.1) is 0 Å². The van der Waals surface area contributed by atoms with Crippen molar-refractivity contribution in [1.82, 2.24) is 4.57 Å². The second kappa shape index (κ2) is 15.3. The quantitative estimate of drug-likeness (QED) is 0.161. The molecule has 6 heteroatoms. The van der Waals surface area contributed by atoms with E-state index in [1.807, 2.05) is 0 Å². The van der Waals surface area contributed by atoms with Crippen molar-refractivity contribution >= 4 is 102 Å². The number of ether oxygens (including phenoxy) is 1. The van der Waals surface area contributed by atoms with Crippen molar-refractivity contribution in [1.29, 1.82) is 0 Å². The molecule has 0 bridgehead atoms. The number of nitrogens with zero attached hydrogens (tertiary/aromatic N) is 3. The Kier molecular flexibility index (Phi) is 8.79. The Morgan fingerprint density at radius 2 is 0.884 bits per heavy atom. The summed E-state index contributed by atoms with van der Waals surface area (Å²) in [6.07, 6.45) is 0. The zero-order valence-corrected chi connectivity index (χ0v) is 38.7. The molecule has 10 aromatic carbocycles. The highest BCUT2D eigenvalue weighted by Crippen LogP contribution is 2.47. The molecule has 0 saturated carbocycles. The van der Waals surface area contributed by atoms with Crippen LogP contribution in [-0.4, -0.2) is 18.0 Å². The number of hydrogen-bond donors (Lipinski definition) is 0. The minimum atomic E-state index is -0.111. The number of anilines is 6. The molecule has 4 nitrogen and oxygen atoms in total. The van der Waals surface area contributed by atoms with Gasteiger partial charge in [0.25, 0.3) is 13.4 Å². The SMILES string of the molecule is Cc1cc(C)c(B2c3ccccc3Oc3cc4c(cc32)B2c3ccc(-c5ccccc5)cc3N(c3ccccc3)c3cc(-n5c6ccccc6c6ccccc65)cc(c32)N4c2ccccc2)c(C)c1. The van der Waals surface area contributed by atoms with Crippen molar-refractivity contribution in [3.05, 3.63) is 235 Å². The van der Waals surface area contributed by atoms with E-state index in [-0.39, 0.29) is 13.4 Å². The molecule has 0 spiro atoms. The fourth-order valence-electron chi connectivity index (χ4n) is 12.2. The zero-order valence-electron chi connectivity index (χ0n) is 38.7. The van der Waals surface area contributed by atoms with E-state index in [0.29, 0.717) is 0 Å². The fraction of sp³-hybridized carbons (Fsp3) is 0.0476. The Bertz CT molecular complexity index is 3810. The predicted octanol–water partition coefficient (Wildman–Crippen LogP) is 12.1. The normalized spacial score (nSPS) is 13.1. The molecule has 0 unspecified atom stereocenters. The van der Waals surface area contributed by atoms with Gasteiger partial charge in [-0.2, -0.15) is 0 Å². The molecule has 1 aromatic heterocycles. The number of rotatable bonds is 5. The highest BCUT2D eigenvalue weighted by atomic mass is 16.5. The molecule has 3 aliphatic heterocycles. The van der Waals surface area contributed by atoms with Gasteiger partial charge in [0.2, 0.25) is 0 Å². The molecule has 0 radical (unpaired) electrons. The number of para-hydroxylation sites is 5. The lowest BCUT2D eigenvalue weighted by molar-refractivity contribution is 0.488. The maximum atomic E-state index is 7.13. The zero-order chi connectivity index (χ0) is 45.9. The Morgan fingerprint density at radius 1 is 0.348 bits per heavy atom. The van der Waals surface area contributed by atoms with Gasteiger partial charge in [0.1, 0.15) is 11.5 Å². The number of benzene rings is 10. The first kappa shape index (κ1) is 39.7. The van der Waals surface area contributed by atoms with Crippen LogP contribution in [0.5, 0.6) is 11.5 Å². The lowest BCUT2D eigenvalue weighted by Gasteiger charge is -2.45. The molecule has 4 heterocycles. The summed E-state index contributed by atoms with van der Waals surface area (Å²) in [6.45, 7) is 6.62. The average molecular weight is 882 g/mol. The predicted molar refractivity (Wildman–Crippen MR) is 292 cm³/mol. The number of aromatic nitrogens is 1. The molecule has 69 heavy (non-hydrogen) atoms. The average Bonchev–Trinajstić information content (AvgIpc) is 3.72. The molecule has 324 valence electrons. The largest absolute Gasteiger partial charge is 0.458 e. The minimum Gasteiger partial charge on any atom is -0.458 e. The van der Waals surface area contributed by atoms with Crippen LogP contribution >= 0.6 is 0 Å². The summed E-state index contributed by atoms with van der Waals surface area (Å²) >= 11 is 0. The van der Waals surface area contributed by atoms with Gasteiger partial charge in [-0.1, -0.05) is 174 Å². The van der Waals surface area contributed by atoms with Gasteiger partial charge in [-0.25, -0.2) is 0 Å². The van der Waals surface area contributed by atoms with Crippen LogP contribution in [0.3, 0.4) is 0 Å². The van der Waals surface area contributed by atoms with Gasteiger partial charge >= 0.3 is 0 Å². The van der Waals surface area contributed by atoms with Crippen LogP contribution in [0.25, 0.3) is 38.6 Å². The second-order valence-corrected chi connectivity index (χ2v) is 19.0. The first-order chi connectivity index (χ1) is 34.0. The third-order valence-corrected chi connectivity index (χ3v) is 14.9. The maximum absolute atomic E-state index is 7.13. The third-order valence-electron chi connectivity index (χ3n) is 14.9. The monoisotopic (exact) mass is 881 g/mol. The number of fused-ring (bicyclic) bond motifs is 9. The van der Waals surface area contributed by atoms with Crippen molar-refractivity contribution in [2.75, 3.05) is 9.80 Å². The molecule has 0 fully saturated rings. The standard InChI is InChI=1S/C63H45B2N3O/c1-40-33-41(2)62(42(3)34-40)65-51-27-15-18-30-60(51)69-61-39-57-52(38-53(61)65)64-50-32-31-44(43-19-7-4-8-20-43)35-56(50)66(45-21-9-5-10-22-45)58-36-47(37-59(63(58)64)67(57)46-23-11-6-12-24-46)68-54-28-16-13-25-48(54)49-26-14-17-29-55(49)68/h4-39H,1-3H3. The van der Waals surface area contributed by atoms with Crippen molar-refractivity contribution < 1.29 is 4.74 Å². The van der Waals surface area contributed by atoms with E-state index < -0.39 is 0 Å². The molecule has 0 N–H and O–H groups in total. The molecule has 11 aromatic rings. The Balaban J connectivity index is 1.12. The number of aryl methyl sites for hydroxylation is 3. The molecule has 0 saturated heterocycles. The fourth-order valence-corrected chi connectivity index (χ4v) is 12.2. The topological polar surface area (TPSA) is 20.6 Å². The number of hydrogen-bond acceptors (Lipinski definition) is 3. The Labute approximate surface area is 403 Å². The third kappa shape index (κ3) is 5.98. The first-order valence-electron chi connectivity index (χ1n) is 24.1. The molecule has 0 aliphatic carbocycles. The lowest BCUT2D eigenvalue weighted by Crippen LogP contribution is -2.63. The molecule has 0 atom stereocenters. The van der Waals surface area contributed by atoms with Crippen LogP contribution in [-0.2, 0) is 0 Å².